The average molecular weight is 428 g/mol. The van der Waals surface area contributed by atoms with Crippen molar-refractivity contribution in [3.05, 3.63) is 69.2 Å². The van der Waals surface area contributed by atoms with Crippen LogP contribution in [0, 0.1) is 6.92 Å². The number of aromatic nitrogens is 2. The lowest BCUT2D eigenvalue weighted by molar-refractivity contribution is -0.144. The normalized spacial score (nSPS) is 10.8. The summed E-state index contributed by atoms with van der Waals surface area (Å²) in [4.78, 5) is 41.1. The Bertz CT molecular complexity index is 1160. The fourth-order valence-corrected chi connectivity index (χ4v) is 3.30. The van der Waals surface area contributed by atoms with E-state index in [4.69, 9.17) is 16.3 Å². The van der Waals surface area contributed by atoms with Crippen LogP contribution in [-0.4, -0.2) is 28.0 Å². The van der Waals surface area contributed by atoms with Crippen molar-refractivity contribution < 1.29 is 14.3 Å². The number of esters is 1. The quantitative estimate of drug-likeness (QED) is 0.581. The lowest BCUT2D eigenvalue weighted by Crippen LogP contribution is -2.24. The van der Waals surface area contributed by atoms with Crippen LogP contribution in [-0.2, 0) is 20.9 Å². The summed E-state index contributed by atoms with van der Waals surface area (Å²) in [6.45, 7) is 4.10. The van der Waals surface area contributed by atoms with Gasteiger partial charge < -0.3 is 10.1 Å². The largest absolute Gasteiger partial charge is 0.466 e. The molecule has 7 nitrogen and oxygen atoms in total. The third kappa shape index (κ3) is 5.24. The Morgan fingerprint density at radius 1 is 1.17 bits per heavy atom. The molecule has 0 aliphatic carbocycles. The van der Waals surface area contributed by atoms with E-state index in [1.54, 1.807) is 48.7 Å². The summed E-state index contributed by atoms with van der Waals surface area (Å²) in [5, 5.41) is 3.70. The molecule has 1 N–H and O–H groups in total. The zero-order valence-corrected chi connectivity index (χ0v) is 17.5. The first-order valence-electron chi connectivity index (χ1n) is 9.58. The number of carbonyl (C=O) groups is 2. The molecule has 0 saturated heterocycles. The number of fused-ring (bicyclic) bond motifs is 1. The summed E-state index contributed by atoms with van der Waals surface area (Å²) >= 11 is 6.05. The second-order valence-electron chi connectivity index (χ2n) is 6.77. The number of carbonyl (C=O) groups excluding carboxylic acids is 2. The molecule has 1 amide bonds. The van der Waals surface area contributed by atoms with Crippen LogP contribution in [0.25, 0.3) is 10.9 Å². The van der Waals surface area contributed by atoms with Gasteiger partial charge in [0.25, 0.3) is 5.56 Å². The SMILES string of the molecule is CCOC(=O)CCC(=O)Nc1ccc2nc(C)n(Cc3cccc(Cl)c3)c(=O)c2c1. The van der Waals surface area contributed by atoms with Crippen LogP contribution in [0.3, 0.4) is 0 Å². The van der Waals surface area contributed by atoms with Gasteiger partial charge in [0.1, 0.15) is 5.82 Å². The first-order valence-corrected chi connectivity index (χ1v) is 9.96. The number of rotatable bonds is 7. The van der Waals surface area contributed by atoms with E-state index in [9.17, 15) is 14.4 Å². The van der Waals surface area contributed by atoms with Crippen molar-refractivity contribution in [1.29, 1.82) is 0 Å². The number of hydrogen-bond acceptors (Lipinski definition) is 5. The van der Waals surface area contributed by atoms with E-state index in [-0.39, 0.29) is 30.9 Å². The standard InChI is InChI=1S/C22H22ClN3O4/c1-3-30-21(28)10-9-20(27)25-17-7-8-19-18(12-17)22(29)26(14(2)24-19)13-15-5-4-6-16(23)11-15/h4-8,11-12H,3,9-10,13H2,1-2H3,(H,25,27). The number of anilines is 1. The topological polar surface area (TPSA) is 90.3 Å². The zero-order valence-electron chi connectivity index (χ0n) is 16.8. The molecule has 8 heteroatoms. The van der Waals surface area contributed by atoms with E-state index in [1.165, 1.54) is 0 Å². The Labute approximate surface area is 178 Å². The summed E-state index contributed by atoms with van der Waals surface area (Å²) in [6.07, 6.45) is 0.00244. The molecule has 0 radical (unpaired) electrons. The highest BCUT2D eigenvalue weighted by atomic mass is 35.5. The molecule has 3 aromatic rings. The van der Waals surface area contributed by atoms with Crippen LogP contribution in [0.15, 0.2) is 47.3 Å². The predicted octanol–water partition coefficient (Wildman–Crippen LogP) is 3.69. The minimum atomic E-state index is -0.422. The molecule has 0 aliphatic rings. The van der Waals surface area contributed by atoms with E-state index in [2.05, 4.69) is 10.3 Å². The minimum Gasteiger partial charge on any atom is -0.466 e. The van der Waals surface area contributed by atoms with Crippen molar-refractivity contribution in [3.8, 4) is 0 Å². The molecule has 3 rings (SSSR count). The number of ether oxygens (including phenoxy) is 1. The maximum Gasteiger partial charge on any atom is 0.306 e. The van der Waals surface area contributed by atoms with Gasteiger partial charge in [-0.15, -0.1) is 0 Å². The van der Waals surface area contributed by atoms with E-state index in [0.29, 0.717) is 34.0 Å². The summed E-state index contributed by atoms with van der Waals surface area (Å²) in [7, 11) is 0. The van der Waals surface area contributed by atoms with Crippen LogP contribution in [0.1, 0.15) is 31.2 Å². The monoisotopic (exact) mass is 427 g/mol. The lowest BCUT2D eigenvalue weighted by atomic mass is 10.2. The fourth-order valence-electron chi connectivity index (χ4n) is 3.09. The summed E-state index contributed by atoms with van der Waals surface area (Å²) in [5.41, 5.74) is 1.69. The second kappa shape index (κ2) is 9.54. The maximum atomic E-state index is 13.1. The van der Waals surface area contributed by atoms with Crippen molar-refractivity contribution in [2.24, 2.45) is 0 Å². The smallest absolute Gasteiger partial charge is 0.306 e. The fraction of sp³-hybridized carbons (Fsp3) is 0.273. The van der Waals surface area contributed by atoms with Crippen molar-refractivity contribution in [2.45, 2.75) is 33.2 Å². The Balaban J connectivity index is 1.83. The van der Waals surface area contributed by atoms with Gasteiger partial charge >= 0.3 is 5.97 Å². The number of nitrogens with one attached hydrogen (secondary N) is 1. The van der Waals surface area contributed by atoms with E-state index < -0.39 is 5.97 Å². The average Bonchev–Trinajstić information content (AvgIpc) is 2.70. The van der Waals surface area contributed by atoms with Crippen molar-refractivity contribution >= 4 is 40.1 Å². The van der Waals surface area contributed by atoms with E-state index >= 15 is 0 Å². The van der Waals surface area contributed by atoms with Crippen LogP contribution in [0.4, 0.5) is 5.69 Å². The number of aryl methyl sites for hydroxylation is 1. The zero-order chi connectivity index (χ0) is 21.7. The van der Waals surface area contributed by atoms with Gasteiger partial charge in [0.05, 0.1) is 30.5 Å². The van der Waals surface area contributed by atoms with Crippen LogP contribution in [0.5, 0.6) is 0 Å². The number of amides is 1. The Hall–Kier alpha value is -3.19. The molecule has 0 unspecified atom stereocenters. The van der Waals surface area contributed by atoms with Gasteiger partial charge in [-0.25, -0.2) is 4.98 Å². The third-order valence-electron chi connectivity index (χ3n) is 4.52. The van der Waals surface area contributed by atoms with Gasteiger partial charge in [0.15, 0.2) is 0 Å². The molecule has 2 aromatic carbocycles. The second-order valence-corrected chi connectivity index (χ2v) is 7.20. The molecule has 0 bridgehead atoms. The third-order valence-corrected chi connectivity index (χ3v) is 4.76. The molecule has 0 atom stereocenters. The Morgan fingerprint density at radius 2 is 1.97 bits per heavy atom. The molecule has 1 heterocycles. The summed E-state index contributed by atoms with van der Waals surface area (Å²) in [5.74, 6) is -0.171. The minimum absolute atomic E-state index is 0.000442. The maximum absolute atomic E-state index is 13.1. The summed E-state index contributed by atoms with van der Waals surface area (Å²) < 4.78 is 6.39. The Morgan fingerprint density at radius 3 is 2.70 bits per heavy atom. The van der Waals surface area contributed by atoms with Crippen LogP contribution in [0.2, 0.25) is 5.02 Å². The van der Waals surface area contributed by atoms with Gasteiger partial charge in [-0.1, -0.05) is 23.7 Å². The van der Waals surface area contributed by atoms with Crippen LogP contribution >= 0.6 is 11.6 Å². The number of halogens is 1. The molecule has 0 spiro atoms. The van der Waals surface area contributed by atoms with Gasteiger partial charge in [0, 0.05) is 17.1 Å². The molecule has 0 aliphatic heterocycles. The van der Waals surface area contributed by atoms with E-state index in [1.807, 2.05) is 12.1 Å². The number of hydrogen-bond donors (Lipinski definition) is 1. The van der Waals surface area contributed by atoms with Gasteiger partial charge in [0.2, 0.25) is 5.91 Å². The van der Waals surface area contributed by atoms with Crippen LogP contribution < -0.4 is 10.9 Å². The molecule has 156 valence electrons. The van der Waals surface area contributed by atoms with Crippen molar-refractivity contribution in [2.75, 3.05) is 11.9 Å². The van der Waals surface area contributed by atoms with Gasteiger partial charge in [-0.05, 0) is 49.7 Å². The number of nitrogens with zero attached hydrogens (tertiary/aromatic N) is 2. The van der Waals surface area contributed by atoms with E-state index in [0.717, 1.165) is 5.56 Å². The number of benzene rings is 2. The summed E-state index contributed by atoms with van der Waals surface area (Å²) in [6, 6.07) is 12.3. The lowest BCUT2D eigenvalue weighted by Gasteiger charge is -2.12. The Kier molecular flexibility index (Phi) is 6.84. The molecule has 1 aromatic heterocycles. The van der Waals surface area contributed by atoms with Gasteiger partial charge in [-0.3, -0.25) is 19.0 Å². The van der Waals surface area contributed by atoms with Crippen molar-refractivity contribution in [3.63, 3.8) is 0 Å². The molecular weight excluding hydrogens is 406 g/mol. The predicted molar refractivity (Wildman–Crippen MR) is 116 cm³/mol. The molecule has 0 fully saturated rings. The first kappa shape index (κ1) is 21.5. The molecule has 30 heavy (non-hydrogen) atoms. The molecule has 0 saturated carbocycles. The van der Waals surface area contributed by atoms with Gasteiger partial charge in [-0.2, -0.15) is 0 Å². The first-order chi connectivity index (χ1) is 14.4. The highest BCUT2D eigenvalue weighted by Gasteiger charge is 2.12. The highest BCUT2D eigenvalue weighted by Crippen LogP contribution is 2.17. The van der Waals surface area contributed by atoms with Crippen molar-refractivity contribution in [1.82, 2.24) is 9.55 Å². The molecular formula is C22H22ClN3O4. The highest BCUT2D eigenvalue weighted by molar-refractivity contribution is 6.30.